The van der Waals surface area contributed by atoms with Crippen LogP contribution >= 0.6 is 11.3 Å². The maximum Gasteiger partial charge on any atom is 0.255 e. The van der Waals surface area contributed by atoms with Gasteiger partial charge in [-0.05, 0) is 37.6 Å². The molecule has 0 saturated carbocycles. The Morgan fingerprint density at radius 2 is 2.17 bits per heavy atom. The van der Waals surface area contributed by atoms with Gasteiger partial charge >= 0.3 is 0 Å². The van der Waals surface area contributed by atoms with Crippen molar-refractivity contribution in [2.45, 2.75) is 38.5 Å². The van der Waals surface area contributed by atoms with Crippen LogP contribution in [0.4, 0.5) is 0 Å². The predicted octanol–water partition coefficient (Wildman–Crippen LogP) is 3.15. The van der Waals surface area contributed by atoms with E-state index in [-0.39, 0.29) is 5.56 Å². The Labute approximate surface area is 174 Å². The van der Waals surface area contributed by atoms with Crippen LogP contribution < -0.4 is 5.56 Å². The summed E-state index contributed by atoms with van der Waals surface area (Å²) in [5.41, 5.74) is 5.16. The summed E-state index contributed by atoms with van der Waals surface area (Å²) in [7, 11) is 2.05. The van der Waals surface area contributed by atoms with Crippen molar-refractivity contribution in [3.8, 4) is 0 Å². The Morgan fingerprint density at radius 3 is 2.97 bits per heavy atom. The minimum Gasteiger partial charge on any atom is -0.468 e. The predicted molar refractivity (Wildman–Crippen MR) is 113 cm³/mol. The van der Waals surface area contributed by atoms with Crippen LogP contribution in [-0.4, -0.2) is 39.5 Å². The molecule has 5 heterocycles. The van der Waals surface area contributed by atoms with E-state index in [0.717, 1.165) is 49.7 Å². The van der Waals surface area contributed by atoms with Gasteiger partial charge in [0.05, 0.1) is 24.0 Å². The molecule has 0 amide bonds. The molecule has 7 heteroatoms. The third-order valence-corrected chi connectivity index (χ3v) is 6.71. The van der Waals surface area contributed by atoms with Crippen molar-refractivity contribution in [3.63, 3.8) is 0 Å². The van der Waals surface area contributed by atoms with Gasteiger partial charge in [-0.2, -0.15) is 0 Å². The molecule has 3 aromatic rings. The average molecular weight is 411 g/mol. The van der Waals surface area contributed by atoms with Crippen molar-refractivity contribution < 1.29 is 4.42 Å². The molecule has 1 saturated heterocycles. The smallest absolute Gasteiger partial charge is 0.255 e. The zero-order valence-corrected chi connectivity index (χ0v) is 17.5. The molecule has 29 heavy (non-hydrogen) atoms. The minimum absolute atomic E-state index is 0.182. The number of piperidine rings is 1. The molecule has 0 N–H and O–H groups in total. The summed E-state index contributed by atoms with van der Waals surface area (Å²) in [5.74, 6) is 1.96. The van der Waals surface area contributed by atoms with Crippen molar-refractivity contribution >= 4 is 11.3 Å². The van der Waals surface area contributed by atoms with E-state index in [1.54, 1.807) is 17.6 Å². The van der Waals surface area contributed by atoms with E-state index >= 15 is 0 Å². The standard InChI is InChI=1S/C22H26N4O2S/c1-24(12-19-14-29-15-23-19)10-17-4-5-21-18-7-16(9-26(21)22(17)27)8-25(11-18)13-20-3-2-6-28-20/h2-6,14-16,18H,7-13H2,1H3/t16-,18+/m0/s1. The van der Waals surface area contributed by atoms with Gasteiger partial charge in [-0.15, -0.1) is 11.3 Å². The van der Waals surface area contributed by atoms with E-state index in [1.807, 2.05) is 30.8 Å². The van der Waals surface area contributed by atoms with E-state index in [9.17, 15) is 4.79 Å². The summed E-state index contributed by atoms with van der Waals surface area (Å²) in [6, 6.07) is 8.21. The SMILES string of the molecule is CN(Cc1cscn1)Cc1ccc2n(c1=O)C[C@H]1C[C@@H]2CN(Cc2ccco2)C1. The van der Waals surface area contributed by atoms with Gasteiger partial charge in [0.2, 0.25) is 0 Å². The molecule has 2 bridgehead atoms. The summed E-state index contributed by atoms with van der Waals surface area (Å²) in [5, 5.41) is 2.06. The molecule has 0 aliphatic carbocycles. The van der Waals surface area contributed by atoms with Gasteiger partial charge in [-0.25, -0.2) is 4.98 Å². The fourth-order valence-corrected chi connectivity index (χ4v) is 5.45. The van der Waals surface area contributed by atoms with Crippen LogP contribution in [0.25, 0.3) is 0 Å². The van der Waals surface area contributed by atoms with Crippen molar-refractivity contribution in [1.82, 2.24) is 19.4 Å². The second-order valence-electron chi connectivity index (χ2n) is 8.42. The number of rotatable bonds is 6. The first-order valence-electron chi connectivity index (χ1n) is 10.2. The fraction of sp³-hybridized carbons (Fsp3) is 0.455. The number of pyridine rings is 1. The zero-order chi connectivity index (χ0) is 19.8. The first-order chi connectivity index (χ1) is 14.2. The van der Waals surface area contributed by atoms with Crippen LogP contribution in [0.15, 0.2) is 50.6 Å². The van der Waals surface area contributed by atoms with E-state index < -0.39 is 0 Å². The number of aromatic nitrogens is 2. The third kappa shape index (κ3) is 3.95. The monoisotopic (exact) mass is 410 g/mol. The highest BCUT2D eigenvalue weighted by Crippen LogP contribution is 2.35. The Hall–Kier alpha value is -2.22. The van der Waals surface area contributed by atoms with Crippen LogP contribution in [0, 0.1) is 5.92 Å². The van der Waals surface area contributed by atoms with Crippen molar-refractivity contribution in [2.24, 2.45) is 5.92 Å². The number of thiazole rings is 1. The summed E-state index contributed by atoms with van der Waals surface area (Å²) >= 11 is 1.61. The first-order valence-corrected chi connectivity index (χ1v) is 11.1. The summed E-state index contributed by atoms with van der Waals surface area (Å²) < 4.78 is 7.58. The maximum absolute atomic E-state index is 13.2. The number of nitrogens with zero attached hydrogens (tertiary/aromatic N) is 4. The Kier molecular flexibility index (Phi) is 5.11. The molecular formula is C22H26N4O2S. The van der Waals surface area contributed by atoms with Crippen molar-refractivity contribution in [2.75, 3.05) is 20.1 Å². The lowest BCUT2D eigenvalue weighted by Crippen LogP contribution is -2.47. The number of hydrogen-bond acceptors (Lipinski definition) is 6. The lowest BCUT2D eigenvalue weighted by molar-refractivity contribution is 0.107. The van der Waals surface area contributed by atoms with E-state index in [1.165, 1.54) is 12.1 Å². The molecule has 0 spiro atoms. The van der Waals surface area contributed by atoms with E-state index in [0.29, 0.717) is 18.4 Å². The van der Waals surface area contributed by atoms with Crippen LogP contribution in [0.1, 0.15) is 35.1 Å². The molecule has 2 aliphatic heterocycles. The molecule has 2 aliphatic rings. The lowest BCUT2D eigenvalue weighted by atomic mass is 9.83. The second kappa shape index (κ2) is 7.89. The summed E-state index contributed by atoms with van der Waals surface area (Å²) in [4.78, 5) is 22.2. The molecule has 3 aromatic heterocycles. The van der Waals surface area contributed by atoms with Gasteiger partial charge in [-0.1, -0.05) is 6.07 Å². The second-order valence-corrected chi connectivity index (χ2v) is 9.14. The van der Waals surface area contributed by atoms with Gasteiger partial charge in [0.1, 0.15) is 5.76 Å². The topological polar surface area (TPSA) is 54.5 Å². The zero-order valence-electron chi connectivity index (χ0n) is 16.7. The Bertz CT molecular complexity index is 1010. The van der Waals surface area contributed by atoms with Gasteiger partial charge in [0.15, 0.2) is 0 Å². The number of likely N-dealkylation sites (tertiary alicyclic amines) is 1. The molecule has 6 nitrogen and oxygen atoms in total. The van der Waals surface area contributed by atoms with Crippen molar-refractivity contribution in [3.05, 3.63) is 74.5 Å². The first kappa shape index (κ1) is 18.8. The Balaban J connectivity index is 1.32. The van der Waals surface area contributed by atoms with E-state index in [2.05, 4.69) is 30.8 Å². The summed E-state index contributed by atoms with van der Waals surface area (Å²) in [6.45, 7) is 5.09. The van der Waals surface area contributed by atoms with Crippen LogP contribution in [-0.2, 0) is 26.2 Å². The lowest BCUT2D eigenvalue weighted by Gasteiger charge is -2.42. The average Bonchev–Trinajstić information content (AvgIpc) is 3.39. The molecule has 1 fully saturated rings. The molecule has 2 atom stereocenters. The van der Waals surface area contributed by atoms with Gasteiger partial charge in [-0.3, -0.25) is 14.6 Å². The number of hydrogen-bond donors (Lipinski definition) is 0. The molecular weight excluding hydrogens is 384 g/mol. The fourth-order valence-electron chi connectivity index (χ4n) is 4.90. The highest BCUT2D eigenvalue weighted by molar-refractivity contribution is 7.07. The molecule has 5 rings (SSSR count). The Morgan fingerprint density at radius 1 is 1.24 bits per heavy atom. The summed E-state index contributed by atoms with van der Waals surface area (Å²) in [6.07, 6.45) is 2.92. The molecule has 0 unspecified atom stereocenters. The number of fused-ring (bicyclic) bond motifs is 4. The highest BCUT2D eigenvalue weighted by Gasteiger charge is 2.35. The third-order valence-electron chi connectivity index (χ3n) is 6.07. The number of furan rings is 1. The van der Waals surface area contributed by atoms with Crippen LogP contribution in [0.5, 0.6) is 0 Å². The van der Waals surface area contributed by atoms with Gasteiger partial charge in [0.25, 0.3) is 5.56 Å². The molecule has 0 radical (unpaired) electrons. The van der Waals surface area contributed by atoms with Gasteiger partial charge < -0.3 is 8.98 Å². The molecule has 152 valence electrons. The highest BCUT2D eigenvalue weighted by atomic mass is 32.1. The van der Waals surface area contributed by atoms with E-state index in [4.69, 9.17) is 4.42 Å². The van der Waals surface area contributed by atoms with Crippen molar-refractivity contribution in [1.29, 1.82) is 0 Å². The minimum atomic E-state index is 0.182. The normalized spacial score (nSPS) is 21.4. The quantitative estimate of drug-likeness (QED) is 0.625. The molecule has 0 aromatic carbocycles. The van der Waals surface area contributed by atoms with Crippen LogP contribution in [0.2, 0.25) is 0 Å². The largest absolute Gasteiger partial charge is 0.468 e. The maximum atomic E-state index is 13.2. The van der Waals surface area contributed by atoms with Crippen LogP contribution in [0.3, 0.4) is 0 Å². The van der Waals surface area contributed by atoms with Gasteiger partial charge in [0, 0.05) is 55.3 Å².